The molecule has 0 radical (unpaired) electrons. The number of anilines is 1. The van der Waals surface area contributed by atoms with Crippen LogP contribution in [0.1, 0.15) is 41.6 Å². The standard InChI is InChI=1S/C17H15Cl4N3O2/c1-17(2,3)24-15(25)8-4-6-9(7-5-8)22-16(26)13-11(19)10(18)12(20)14(21)23-13/h4-7H,1-3H3,(H,22,26)(H,24,25). The normalized spacial score (nSPS) is 11.2. The Hall–Kier alpha value is -1.53. The van der Waals surface area contributed by atoms with Crippen LogP contribution < -0.4 is 10.6 Å². The van der Waals surface area contributed by atoms with Gasteiger partial charge < -0.3 is 10.6 Å². The van der Waals surface area contributed by atoms with Crippen LogP contribution in [0.2, 0.25) is 20.2 Å². The fourth-order valence-corrected chi connectivity index (χ4v) is 2.76. The third kappa shape index (κ3) is 5.01. The highest BCUT2D eigenvalue weighted by Gasteiger charge is 2.21. The van der Waals surface area contributed by atoms with Crippen LogP contribution in [0.15, 0.2) is 24.3 Å². The number of benzene rings is 1. The van der Waals surface area contributed by atoms with Gasteiger partial charge in [-0.3, -0.25) is 9.59 Å². The van der Waals surface area contributed by atoms with Crippen molar-refractivity contribution in [2.45, 2.75) is 26.3 Å². The minimum atomic E-state index is -0.609. The van der Waals surface area contributed by atoms with E-state index < -0.39 is 5.91 Å². The van der Waals surface area contributed by atoms with Crippen molar-refractivity contribution in [3.63, 3.8) is 0 Å². The summed E-state index contributed by atoms with van der Waals surface area (Å²) in [7, 11) is 0. The van der Waals surface area contributed by atoms with Crippen molar-refractivity contribution in [3.8, 4) is 0 Å². The van der Waals surface area contributed by atoms with Gasteiger partial charge in [0.2, 0.25) is 0 Å². The summed E-state index contributed by atoms with van der Waals surface area (Å²) in [4.78, 5) is 28.3. The largest absolute Gasteiger partial charge is 0.347 e. The lowest BCUT2D eigenvalue weighted by Gasteiger charge is -2.20. The van der Waals surface area contributed by atoms with E-state index in [-0.39, 0.29) is 37.4 Å². The van der Waals surface area contributed by atoms with Crippen LogP contribution in [-0.4, -0.2) is 22.3 Å². The number of amides is 2. The molecular weight excluding hydrogens is 420 g/mol. The van der Waals surface area contributed by atoms with Crippen molar-refractivity contribution >= 4 is 63.9 Å². The Morgan fingerprint density at radius 3 is 2.00 bits per heavy atom. The van der Waals surface area contributed by atoms with Gasteiger partial charge in [-0.1, -0.05) is 46.4 Å². The third-order valence-electron chi connectivity index (χ3n) is 3.09. The van der Waals surface area contributed by atoms with Crippen LogP contribution in [0.5, 0.6) is 0 Å². The smallest absolute Gasteiger partial charge is 0.275 e. The average Bonchev–Trinajstić information content (AvgIpc) is 2.55. The molecule has 0 aliphatic carbocycles. The molecule has 0 bridgehead atoms. The van der Waals surface area contributed by atoms with E-state index in [4.69, 9.17) is 46.4 Å². The van der Waals surface area contributed by atoms with Crippen molar-refractivity contribution in [1.29, 1.82) is 0 Å². The minimum Gasteiger partial charge on any atom is -0.347 e. The topological polar surface area (TPSA) is 71.1 Å². The molecule has 2 N–H and O–H groups in total. The van der Waals surface area contributed by atoms with E-state index in [2.05, 4.69) is 15.6 Å². The Morgan fingerprint density at radius 1 is 0.885 bits per heavy atom. The molecule has 0 spiro atoms. The maximum Gasteiger partial charge on any atom is 0.275 e. The lowest BCUT2D eigenvalue weighted by atomic mass is 10.1. The molecule has 1 heterocycles. The van der Waals surface area contributed by atoms with Crippen LogP contribution in [0.25, 0.3) is 0 Å². The summed E-state index contributed by atoms with van der Waals surface area (Å²) in [5.41, 5.74) is 0.411. The monoisotopic (exact) mass is 433 g/mol. The van der Waals surface area contributed by atoms with Crippen LogP contribution >= 0.6 is 46.4 Å². The number of hydrogen-bond acceptors (Lipinski definition) is 3. The Balaban J connectivity index is 2.17. The van der Waals surface area contributed by atoms with Crippen molar-refractivity contribution in [1.82, 2.24) is 10.3 Å². The van der Waals surface area contributed by atoms with Gasteiger partial charge >= 0.3 is 0 Å². The molecular formula is C17H15Cl4N3O2. The average molecular weight is 435 g/mol. The molecule has 0 aliphatic heterocycles. The Labute approximate surface area is 171 Å². The molecule has 0 saturated carbocycles. The van der Waals surface area contributed by atoms with Crippen molar-refractivity contribution in [2.24, 2.45) is 0 Å². The van der Waals surface area contributed by atoms with E-state index in [0.717, 1.165) is 0 Å². The first kappa shape index (κ1) is 20.8. The SMILES string of the molecule is CC(C)(C)NC(=O)c1ccc(NC(=O)c2nc(Cl)c(Cl)c(Cl)c2Cl)cc1. The van der Waals surface area contributed by atoms with Crippen LogP contribution in [-0.2, 0) is 0 Å². The summed E-state index contributed by atoms with van der Waals surface area (Å²) in [6, 6.07) is 6.35. The van der Waals surface area contributed by atoms with Gasteiger partial charge in [-0.25, -0.2) is 4.98 Å². The van der Waals surface area contributed by atoms with E-state index in [1.807, 2.05) is 20.8 Å². The van der Waals surface area contributed by atoms with Crippen LogP contribution in [0.4, 0.5) is 5.69 Å². The number of nitrogens with one attached hydrogen (secondary N) is 2. The summed E-state index contributed by atoms with van der Waals surface area (Å²) < 4.78 is 0. The number of carbonyl (C=O) groups is 2. The number of pyridine rings is 1. The number of halogens is 4. The highest BCUT2D eigenvalue weighted by Crippen LogP contribution is 2.36. The van der Waals surface area contributed by atoms with Gasteiger partial charge in [-0.15, -0.1) is 0 Å². The third-order valence-corrected chi connectivity index (χ3v) is 4.77. The Bertz CT molecular complexity index is 862. The highest BCUT2D eigenvalue weighted by molar-refractivity contribution is 6.52. The van der Waals surface area contributed by atoms with Crippen LogP contribution in [0.3, 0.4) is 0 Å². The lowest BCUT2D eigenvalue weighted by Crippen LogP contribution is -2.40. The first-order chi connectivity index (χ1) is 12.0. The number of rotatable bonds is 3. The van der Waals surface area contributed by atoms with Gasteiger partial charge in [0.25, 0.3) is 11.8 Å². The predicted molar refractivity (Wildman–Crippen MR) is 106 cm³/mol. The second kappa shape index (κ2) is 8.01. The molecule has 26 heavy (non-hydrogen) atoms. The van der Waals surface area contributed by atoms with Crippen molar-refractivity contribution < 1.29 is 9.59 Å². The molecule has 0 unspecified atom stereocenters. The first-order valence-corrected chi connectivity index (χ1v) is 8.94. The zero-order valence-corrected chi connectivity index (χ0v) is 17.1. The molecule has 0 atom stereocenters. The van der Waals surface area contributed by atoms with Gasteiger partial charge in [0, 0.05) is 16.8 Å². The highest BCUT2D eigenvalue weighted by atomic mass is 35.5. The molecule has 0 saturated heterocycles. The molecule has 1 aromatic carbocycles. The number of hydrogen-bond donors (Lipinski definition) is 2. The van der Waals surface area contributed by atoms with Gasteiger partial charge in [0.05, 0.1) is 15.1 Å². The summed E-state index contributed by atoms with van der Waals surface area (Å²) in [5.74, 6) is -0.821. The summed E-state index contributed by atoms with van der Waals surface area (Å²) in [6.07, 6.45) is 0. The van der Waals surface area contributed by atoms with E-state index >= 15 is 0 Å². The fraction of sp³-hybridized carbons (Fsp3) is 0.235. The molecule has 1 aromatic heterocycles. The van der Waals surface area contributed by atoms with Gasteiger partial charge in [-0.2, -0.15) is 0 Å². The number of nitrogens with zero attached hydrogens (tertiary/aromatic N) is 1. The first-order valence-electron chi connectivity index (χ1n) is 7.43. The van der Waals surface area contributed by atoms with Crippen molar-refractivity contribution in [2.75, 3.05) is 5.32 Å². The van der Waals surface area contributed by atoms with Gasteiger partial charge in [0.15, 0.2) is 0 Å². The van der Waals surface area contributed by atoms with Crippen molar-refractivity contribution in [3.05, 3.63) is 55.7 Å². The van der Waals surface area contributed by atoms with E-state index in [9.17, 15) is 9.59 Å². The predicted octanol–water partition coefficient (Wildman–Crippen LogP) is 5.48. The fourth-order valence-electron chi connectivity index (χ4n) is 1.95. The van der Waals surface area contributed by atoms with Gasteiger partial charge in [0.1, 0.15) is 10.8 Å². The molecule has 138 valence electrons. The summed E-state index contributed by atoms with van der Waals surface area (Å²) >= 11 is 23.6. The maximum atomic E-state index is 12.4. The Kier molecular flexibility index (Phi) is 6.40. The molecule has 9 heteroatoms. The molecule has 2 aromatic rings. The molecule has 0 fully saturated rings. The molecule has 2 amide bonds. The molecule has 0 aliphatic rings. The maximum absolute atomic E-state index is 12.4. The van der Waals surface area contributed by atoms with Crippen LogP contribution in [0, 0.1) is 0 Å². The van der Waals surface area contributed by atoms with Gasteiger partial charge in [-0.05, 0) is 45.0 Å². The quantitative estimate of drug-likeness (QED) is 0.628. The second-order valence-electron chi connectivity index (χ2n) is 6.43. The second-order valence-corrected chi connectivity index (χ2v) is 7.92. The minimum absolute atomic E-state index is 0.0240. The molecule has 2 rings (SSSR count). The van der Waals surface area contributed by atoms with E-state index in [1.54, 1.807) is 24.3 Å². The number of aromatic nitrogens is 1. The Morgan fingerprint density at radius 2 is 1.46 bits per heavy atom. The molecule has 5 nitrogen and oxygen atoms in total. The lowest BCUT2D eigenvalue weighted by molar-refractivity contribution is 0.0919. The van der Waals surface area contributed by atoms with E-state index in [1.165, 1.54) is 0 Å². The summed E-state index contributed by atoms with van der Waals surface area (Å²) in [6.45, 7) is 5.66. The van der Waals surface area contributed by atoms with E-state index in [0.29, 0.717) is 11.3 Å². The zero-order valence-electron chi connectivity index (χ0n) is 14.1. The zero-order chi connectivity index (χ0) is 19.6. The summed E-state index contributed by atoms with van der Waals surface area (Å²) in [5, 5.41) is 5.17. The number of carbonyl (C=O) groups excluding carboxylic acids is 2.